The number of hydrogen-bond donors (Lipinski definition) is 0. The van der Waals surface area contributed by atoms with Crippen LogP contribution in [0, 0.1) is 0 Å². The molecule has 0 radical (unpaired) electrons. The maximum Gasteiger partial charge on any atom is 0.0725 e. The van der Waals surface area contributed by atoms with Gasteiger partial charge >= 0.3 is 0 Å². The van der Waals surface area contributed by atoms with Crippen LogP contribution in [0.4, 0.5) is 17.1 Å². The quantitative estimate of drug-likeness (QED) is 0.169. The number of fused-ring (bicyclic) bond motifs is 13. The van der Waals surface area contributed by atoms with Gasteiger partial charge in [-0.3, -0.25) is 0 Å². The Labute approximate surface area is 346 Å². The standard InChI is InChI=1S/C58H41N/c1-57(2)51-23-10-6-19-45(51)49-34-32-44(37-55(49)57)59(42-30-27-39(28-31-42)38-15-4-3-5-16-38)43-18-14-17-40(35-43)41-29-33-50-48-22-9-13-26-54(48)58(56(50)36-41)52-24-11-7-20-46(52)47-21-8-12-25-53(47)58/h3-37H,1-2H3. The Morgan fingerprint density at radius 3 is 1.34 bits per heavy atom. The molecule has 0 saturated carbocycles. The lowest BCUT2D eigenvalue weighted by atomic mass is 9.70. The van der Waals surface area contributed by atoms with Gasteiger partial charge in [-0.05, 0) is 131 Å². The Morgan fingerprint density at radius 1 is 0.271 bits per heavy atom. The summed E-state index contributed by atoms with van der Waals surface area (Å²) < 4.78 is 0. The lowest BCUT2D eigenvalue weighted by Gasteiger charge is -2.31. The lowest BCUT2D eigenvalue weighted by molar-refractivity contribution is 0.660. The number of anilines is 3. The van der Waals surface area contributed by atoms with Gasteiger partial charge in [-0.1, -0.05) is 184 Å². The zero-order chi connectivity index (χ0) is 39.3. The molecule has 0 unspecified atom stereocenters. The topological polar surface area (TPSA) is 3.24 Å². The molecule has 0 atom stereocenters. The fraction of sp³-hybridized carbons (Fsp3) is 0.0690. The average Bonchev–Trinajstić information content (AvgIpc) is 3.85. The minimum absolute atomic E-state index is 0.109. The predicted octanol–water partition coefficient (Wildman–Crippen LogP) is 15.1. The van der Waals surface area contributed by atoms with Gasteiger partial charge in [-0.15, -0.1) is 0 Å². The molecule has 278 valence electrons. The molecule has 0 aliphatic heterocycles. The van der Waals surface area contributed by atoms with Crippen molar-refractivity contribution in [3.63, 3.8) is 0 Å². The smallest absolute Gasteiger partial charge is 0.0725 e. The van der Waals surface area contributed by atoms with Crippen LogP contribution in [0.15, 0.2) is 212 Å². The summed E-state index contributed by atoms with van der Waals surface area (Å²) in [6.07, 6.45) is 0. The molecule has 9 aromatic carbocycles. The molecule has 3 aliphatic rings. The van der Waals surface area contributed by atoms with E-state index >= 15 is 0 Å². The summed E-state index contributed by atoms with van der Waals surface area (Å²) >= 11 is 0. The van der Waals surface area contributed by atoms with E-state index in [0.29, 0.717) is 0 Å². The van der Waals surface area contributed by atoms with Crippen LogP contribution < -0.4 is 4.90 Å². The molecule has 0 bridgehead atoms. The summed E-state index contributed by atoms with van der Waals surface area (Å²) in [5.41, 5.74) is 23.9. The minimum atomic E-state index is -0.381. The summed E-state index contributed by atoms with van der Waals surface area (Å²) in [6, 6.07) is 79.1. The van der Waals surface area contributed by atoms with Gasteiger partial charge in [-0.2, -0.15) is 0 Å². The Hall–Kier alpha value is -7.22. The normalized spacial score (nSPS) is 14.2. The fourth-order valence-corrected chi connectivity index (χ4v) is 10.8. The molecule has 59 heavy (non-hydrogen) atoms. The van der Waals surface area contributed by atoms with Crippen molar-refractivity contribution in [3.05, 3.63) is 246 Å². The summed E-state index contributed by atoms with van der Waals surface area (Å²) in [4.78, 5) is 2.44. The highest BCUT2D eigenvalue weighted by Gasteiger charge is 2.51. The number of hydrogen-bond acceptors (Lipinski definition) is 1. The van der Waals surface area contributed by atoms with Crippen molar-refractivity contribution in [1.29, 1.82) is 0 Å². The predicted molar refractivity (Wildman–Crippen MR) is 246 cm³/mol. The second-order valence-electron chi connectivity index (χ2n) is 16.8. The van der Waals surface area contributed by atoms with E-state index in [0.717, 1.165) is 17.1 Å². The van der Waals surface area contributed by atoms with Crippen LogP contribution in [0.5, 0.6) is 0 Å². The Bertz CT molecular complexity index is 3070. The van der Waals surface area contributed by atoms with E-state index in [-0.39, 0.29) is 10.8 Å². The Kier molecular flexibility index (Phi) is 7.26. The monoisotopic (exact) mass is 751 g/mol. The first-order valence-corrected chi connectivity index (χ1v) is 20.8. The largest absolute Gasteiger partial charge is 0.310 e. The molecule has 0 aromatic heterocycles. The molecule has 0 fully saturated rings. The van der Waals surface area contributed by atoms with E-state index < -0.39 is 0 Å². The van der Waals surface area contributed by atoms with Crippen molar-refractivity contribution in [1.82, 2.24) is 0 Å². The van der Waals surface area contributed by atoms with Gasteiger partial charge in [0.2, 0.25) is 0 Å². The molecule has 9 aromatic rings. The summed E-state index contributed by atoms with van der Waals surface area (Å²) in [7, 11) is 0. The Balaban J connectivity index is 1.02. The Morgan fingerprint density at radius 2 is 0.695 bits per heavy atom. The summed E-state index contributed by atoms with van der Waals surface area (Å²) in [5, 5.41) is 0. The first-order chi connectivity index (χ1) is 29.0. The molecule has 0 N–H and O–H groups in total. The molecule has 1 spiro atoms. The van der Waals surface area contributed by atoms with Gasteiger partial charge in [0.25, 0.3) is 0 Å². The SMILES string of the molecule is CC1(C)c2ccccc2-c2ccc(N(c3ccc(-c4ccccc4)cc3)c3cccc(-c4ccc5c(c4)C4(c6ccccc6-c6ccccc64)c4ccccc4-5)c3)cc21. The van der Waals surface area contributed by atoms with Crippen LogP contribution in [0.1, 0.15) is 47.2 Å². The van der Waals surface area contributed by atoms with Crippen molar-refractivity contribution in [2.45, 2.75) is 24.7 Å². The molecular formula is C58H41N. The van der Waals surface area contributed by atoms with Crippen molar-refractivity contribution >= 4 is 17.1 Å². The number of benzene rings is 9. The molecule has 3 aliphatic carbocycles. The molecule has 12 rings (SSSR count). The highest BCUT2D eigenvalue weighted by Crippen LogP contribution is 2.63. The second-order valence-corrected chi connectivity index (χ2v) is 16.8. The molecule has 0 saturated heterocycles. The highest BCUT2D eigenvalue weighted by atomic mass is 15.1. The van der Waals surface area contributed by atoms with Crippen LogP contribution >= 0.6 is 0 Å². The fourth-order valence-electron chi connectivity index (χ4n) is 10.8. The minimum Gasteiger partial charge on any atom is -0.310 e. The molecular weight excluding hydrogens is 711 g/mol. The van der Waals surface area contributed by atoms with Crippen molar-refractivity contribution in [2.75, 3.05) is 4.90 Å². The average molecular weight is 752 g/mol. The first kappa shape index (κ1) is 33.9. The van der Waals surface area contributed by atoms with Gasteiger partial charge in [0.15, 0.2) is 0 Å². The van der Waals surface area contributed by atoms with Gasteiger partial charge in [-0.25, -0.2) is 0 Å². The third kappa shape index (κ3) is 4.79. The van der Waals surface area contributed by atoms with Crippen LogP contribution in [0.25, 0.3) is 55.6 Å². The molecule has 1 heteroatoms. The van der Waals surface area contributed by atoms with E-state index in [4.69, 9.17) is 0 Å². The first-order valence-electron chi connectivity index (χ1n) is 20.8. The van der Waals surface area contributed by atoms with Gasteiger partial charge in [0.1, 0.15) is 0 Å². The van der Waals surface area contributed by atoms with E-state index in [1.54, 1.807) is 0 Å². The van der Waals surface area contributed by atoms with E-state index in [1.807, 2.05) is 0 Å². The second kappa shape index (κ2) is 12.6. The van der Waals surface area contributed by atoms with Crippen molar-refractivity contribution in [2.24, 2.45) is 0 Å². The van der Waals surface area contributed by atoms with Gasteiger partial charge in [0.05, 0.1) is 5.41 Å². The zero-order valence-corrected chi connectivity index (χ0v) is 33.2. The van der Waals surface area contributed by atoms with Crippen LogP contribution in [-0.2, 0) is 10.8 Å². The van der Waals surface area contributed by atoms with E-state index in [9.17, 15) is 0 Å². The maximum atomic E-state index is 2.49. The highest BCUT2D eigenvalue weighted by molar-refractivity contribution is 5.96. The zero-order valence-electron chi connectivity index (χ0n) is 33.2. The maximum absolute atomic E-state index is 2.49. The lowest BCUT2D eigenvalue weighted by Crippen LogP contribution is -2.25. The van der Waals surface area contributed by atoms with E-state index in [2.05, 4.69) is 231 Å². The van der Waals surface area contributed by atoms with Crippen LogP contribution in [0.2, 0.25) is 0 Å². The van der Waals surface area contributed by atoms with Gasteiger partial charge in [0, 0.05) is 22.5 Å². The number of rotatable bonds is 5. The molecule has 0 heterocycles. The summed E-state index contributed by atoms with van der Waals surface area (Å²) in [6.45, 7) is 4.72. The van der Waals surface area contributed by atoms with Crippen molar-refractivity contribution in [3.8, 4) is 55.6 Å². The third-order valence-corrected chi connectivity index (χ3v) is 13.5. The molecule has 1 nitrogen and oxygen atoms in total. The van der Waals surface area contributed by atoms with E-state index in [1.165, 1.54) is 89.0 Å². The van der Waals surface area contributed by atoms with Crippen LogP contribution in [0.3, 0.4) is 0 Å². The van der Waals surface area contributed by atoms with Crippen LogP contribution in [-0.4, -0.2) is 0 Å². The molecule has 0 amide bonds. The summed E-state index contributed by atoms with van der Waals surface area (Å²) in [5.74, 6) is 0. The van der Waals surface area contributed by atoms with Crippen molar-refractivity contribution < 1.29 is 0 Å². The van der Waals surface area contributed by atoms with Gasteiger partial charge < -0.3 is 4.90 Å². The number of nitrogens with zero attached hydrogens (tertiary/aromatic N) is 1. The third-order valence-electron chi connectivity index (χ3n) is 13.5.